The molecule has 2 aromatic rings. The highest BCUT2D eigenvalue weighted by Gasteiger charge is 2.39. The molecule has 1 N–H and O–H groups in total. The number of fused-ring (bicyclic) bond motifs is 1. The molecule has 1 heterocycles. The van der Waals surface area contributed by atoms with E-state index in [-0.39, 0.29) is 22.2 Å². The van der Waals surface area contributed by atoms with Gasteiger partial charge in [0.25, 0.3) is 0 Å². The van der Waals surface area contributed by atoms with Crippen molar-refractivity contribution in [3.05, 3.63) is 42.2 Å². The first-order chi connectivity index (χ1) is 13.2. The molecule has 0 saturated heterocycles. The number of hydrogen-bond acceptors (Lipinski definition) is 5. The Morgan fingerprint density at radius 1 is 1.25 bits per heavy atom. The second-order valence-corrected chi connectivity index (χ2v) is 10.5. The zero-order valence-corrected chi connectivity index (χ0v) is 18.0. The van der Waals surface area contributed by atoms with Gasteiger partial charge in [0.1, 0.15) is 11.6 Å². The number of hydrogen-bond donors (Lipinski definition) is 1. The van der Waals surface area contributed by atoms with Crippen molar-refractivity contribution in [3.63, 3.8) is 0 Å². The Kier molecular flexibility index (Phi) is 5.96. The molecule has 0 aliphatic carbocycles. The van der Waals surface area contributed by atoms with E-state index in [2.05, 4.69) is 6.92 Å². The maximum Gasteiger partial charge on any atom is 0.181 e. The molecule has 0 saturated carbocycles. The molecular weight excluding hydrogens is 397 g/mol. The van der Waals surface area contributed by atoms with E-state index < -0.39 is 15.3 Å². The second-order valence-electron chi connectivity index (χ2n) is 7.73. The fourth-order valence-electron chi connectivity index (χ4n) is 3.82. The lowest BCUT2D eigenvalue weighted by atomic mass is 9.86. The summed E-state index contributed by atoms with van der Waals surface area (Å²) < 4.78 is 40.0. The summed E-state index contributed by atoms with van der Waals surface area (Å²) in [6, 6.07) is 9.19. The number of phenols is 1. The maximum absolute atomic E-state index is 13.5. The predicted molar refractivity (Wildman–Crippen MR) is 113 cm³/mol. The quantitative estimate of drug-likeness (QED) is 0.655. The van der Waals surface area contributed by atoms with Crippen molar-refractivity contribution < 1.29 is 17.9 Å². The van der Waals surface area contributed by atoms with Crippen LogP contribution in [0.25, 0.3) is 0 Å². The van der Waals surface area contributed by atoms with E-state index in [9.17, 15) is 17.9 Å². The van der Waals surface area contributed by atoms with Gasteiger partial charge >= 0.3 is 0 Å². The molecule has 0 aromatic heterocycles. The van der Waals surface area contributed by atoms with E-state index in [1.54, 1.807) is 18.2 Å². The van der Waals surface area contributed by atoms with Crippen LogP contribution in [0, 0.1) is 11.2 Å². The molecule has 1 atom stereocenters. The lowest BCUT2D eigenvalue weighted by molar-refractivity contribution is 0.338. The lowest BCUT2D eigenvalue weighted by Crippen LogP contribution is -2.35. The van der Waals surface area contributed by atoms with E-state index >= 15 is 0 Å². The maximum atomic E-state index is 13.5. The number of sulfone groups is 1. The van der Waals surface area contributed by atoms with E-state index in [0.29, 0.717) is 17.1 Å². The van der Waals surface area contributed by atoms with Gasteiger partial charge in [-0.3, -0.25) is 0 Å². The molecule has 28 heavy (non-hydrogen) atoms. The first kappa shape index (κ1) is 21.0. The molecular formula is C21H26FNO3S2. The fourth-order valence-corrected chi connectivity index (χ4v) is 6.40. The Bertz CT molecular complexity index is 960. The van der Waals surface area contributed by atoms with Crippen molar-refractivity contribution in [2.24, 2.45) is 5.41 Å². The summed E-state index contributed by atoms with van der Waals surface area (Å²) in [5.74, 6) is -0.357. The van der Waals surface area contributed by atoms with Crippen molar-refractivity contribution in [2.75, 3.05) is 23.5 Å². The van der Waals surface area contributed by atoms with Gasteiger partial charge < -0.3 is 10.0 Å². The summed E-state index contributed by atoms with van der Waals surface area (Å²) >= 11 is 1.36. The van der Waals surface area contributed by atoms with Gasteiger partial charge in [0.15, 0.2) is 9.84 Å². The molecule has 0 fully saturated rings. The Morgan fingerprint density at radius 2 is 1.93 bits per heavy atom. The van der Waals surface area contributed by atoms with Gasteiger partial charge in [-0.2, -0.15) is 0 Å². The first-order valence-corrected chi connectivity index (χ1v) is 12.2. The number of phenolic OH excluding ortho intramolecular Hbond substituents is 1. The molecule has 152 valence electrons. The van der Waals surface area contributed by atoms with Crippen LogP contribution in [0.4, 0.5) is 15.8 Å². The summed E-state index contributed by atoms with van der Waals surface area (Å²) in [7, 11) is -3.60. The molecule has 0 radical (unpaired) electrons. The normalized spacial score (nSPS) is 21.2. The van der Waals surface area contributed by atoms with Crippen LogP contribution in [-0.4, -0.2) is 32.1 Å². The Balaban J connectivity index is 2.23. The number of benzene rings is 2. The van der Waals surface area contributed by atoms with Crippen LogP contribution in [0.1, 0.15) is 33.1 Å². The highest BCUT2D eigenvalue weighted by molar-refractivity contribution is 7.98. The molecule has 3 rings (SSSR count). The highest BCUT2D eigenvalue weighted by atomic mass is 32.2. The van der Waals surface area contributed by atoms with Crippen molar-refractivity contribution in [1.82, 2.24) is 0 Å². The molecule has 7 heteroatoms. The first-order valence-electron chi connectivity index (χ1n) is 9.36. The van der Waals surface area contributed by atoms with E-state index in [1.165, 1.54) is 30.0 Å². The Labute approximate surface area is 170 Å². The molecule has 2 aromatic carbocycles. The van der Waals surface area contributed by atoms with E-state index in [1.807, 2.05) is 18.1 Å². The number of nitrogens with zero attached hydrogens (tertiary/aromatic N) is 1. The van der Waals surface area contributed by atoms with Gasteiger partial charge in [0.2, 0.25) is 0 Å². The minimum atomic E-state index is -3.60. The van der Waals surface area contributed by atoms with Gasteiger partial charge in [-0.15, -0.1) is 11.8 Å². The van der Waals surface area contributed by atoms with Crippen LogP contribution in [0.3, 0.4) is 0 Å². The van der Waals surface area contributed by atoms with Gasteiger partial charge in [-0.1, -0.05) is 26.7 Å². The number of unbranched alkanes of at least 4 members (excludes halogenated alkanes) is 1. The average Bonchev–Trinajstić information content (AvgIpc) is 2.73. The zero-order chi connectivity index (χ0) is 20.5. The van der Waals surface area contributed by atoms with Crippen LogP contribution in [-0.2, 0) is 9.84 Å². The number of rotatable bonds is 5. The lowest BCUT2D eigenvalue weighted by Gasteiger charge is -2.34. The molecule has 0 amide bonds. The SMILES string of the molecule is CCCC[C@]1(C)CN(c2ccc(F)cc2)c2cc(SC)c(O)cc2S(=O)(=O)C1. The molecule has 4 nitrogen and oxygen atoms in total. The van der Waals surface area contributed by atoms with Crippen molar-refractivity contribution in [3.8, 4) is 5.75 Å². The fraction of sp³-hybridized carbons (Fsp3) is 0.429. The van der Waals surface area contributed by atoms with Crippen LogP contribution in [0.2, 0.25) is 0 Å². The number of anilines is 2. The van der Waals surface area contributed by atoms with Gasteiger partial charge in [-0.05, 0) is 48.4 Å². The molecule has 0 spiro atoms. The Morgan fingerprint density at radius 3 is 2.54 bits per heavy atom. The molecule has 1 aliphatic rings. The van der Waals surface area contributed by atoms with Crippen molar-refractivity contribution in [1.29, 1.82) is 0 Å². The minimum Gasteiger partial charge on any atom is -0.507 e. The summed E-state index contributed by atoms with van der Waals surface area (Å²) in [6.07, 6.45) is 4.52. The summed E-state index contributed by atoms with van der Waals surface area (Å²) in [5.41, 5.74) is 0.811. The third-order valence-electron chi connectivity index (χ3n) is 5.24. The molecule has 1 aliphatic heterocycles. The molecule has 0 unspecified atom stereocenters. The molecule has 0 bridgehead atoms. The standard InChI is InChI=1S/C21H26FNO3S2/c1-4-5-10-21(2)13-23(16-8-6-15(22)7-9-16)17-11-19(27-3)18(24)12-20(17)28(25,26)14-21/h6-9,11-12,24H,4-5,10,13-14H2,1-3H3/t21-/m1/s1. The minimum absolute atomic E-state index is 0.0166. The van der Waals surface area contributed by atoms with Crippen LogP contribution in [0.5, 0.6) is 5.75 Å². The van der Waals surface area contributed by atoms with Crippen molar-refractivity contribution >= 4 is 33.0 Å². The summed E-state index contributed by atoms with van der Waals surface area (Å²) in [6.45, 7) is 4.59. The van der Waals surface area contributed by atoms with Gasteiger partial charge in [0, 0.05) is 18.3 Å². The summed E-state index contributed by atoms with van der Waals surface area (Å²) in [5, 5.41) is 10.3. The number of aromatic hydroxyl groups is 1. The highest BCUT2D eigenvalue weighted by Crippen LogP contribution is 2.45. The van der Waals surface area contributed by atoms with Gasteiger partial charge in [0.05, 0.1) is 21.2 Å². The largest absolute Gasteiger partial charge is 0.507 e. The number of thioether (sulfide) groups is 1. The summed E-state index contributed by atoms with van der Waals surface area (Å²) in [4.78, 5) is 2.69. The van der Waals surface area contributed by atoms with Crippen LogP contribution >= 0.6 is 11.8 Å². The van der Waals surface area contributed by atoms with Crippen LogP contribution in [0.15, 0.2) is 46.2 Å². The predicted octanol–water partition coefficient (Wildman–Crippen LogP) is 5.38. The zero-order valence-electron chi connectivity index (χ0n) is 16.4. The van der Waals surface area contributed by atoms with E-state index in [4.69, 9.17) is 0 Å². The monoisotopic (exact) mass is 423 g/mol. The number of halogens is 1. The average molecular weight is 424 g/mol. The Hall–Kier alpha value is -1.73. The third-order valence-corrected chi connectivity index (χ3v) is 8.08. The third kappa shape index (κ3) is 4.15. The topological polar surface area (TPSA) is 57.6 Å². The van der Waals surface area contributed by atoms with Crippen molar-refractivity contribution in [2.45, 2.75) is 42.9 Å². The van der Waals surface area contributed by atoms with Crippen LogP contribution < -0.4 is 4.90 Å². The smallest absolute Gasteiger partial charge is 0.181 e. The van der Waals surface area contributed by atoms with E-state index in [0.717, 1.165) is 24.9 Å². The second kappa shape index (κ2) is 7.95. The van der Waals surface area contributed by atoms with Gasteiger partial charge in [-0.25, -0.2) is 12.8 Å².